The second kappa shape index (κ2) is 9.18. The molecule has 0 amide bonds. The average Bonchev–Trinajstić information content (AvgIpc) is 2.89. The van der Waals surface area contributed by atoms with Gasteiger partial charge in [0.1, 0.15) is 0 Å². The summed E-state index contributed by atoms with van der Waals surface area (Å²) in [6, 6.07) is 0.803. The van der Waals surface area contributed by atoms with Gasteiger partial charge in [-0.15, -0.1) is 0 Å². The largest absolute Gasteiger partial charge is 0.357 e. The highest BCUT2D eigenvalue weighted by Gasteiger charge is 2.18. The maximum Gasteiger partial charge on any atom is 0.191 e. The smallest absolute Gasteiger partial charge is 0.191 e. The molecule has 1 fully saturated rings. The predicted molar refractivity (Wildman–Crippen MR) is 83.7 cm³/mol. The Hall–Kier alpha value is -0.770. The lowest BCUT2D eigenvalue weighted by molar-refractivity contribution is 0.249. The van der Waals surface area contributed by atoms with Crippen molar-refractivity contribution >= 4 is 5.96 Å². The van der Waals surface area contributed by atoms with Gasteiger partial charge in [-0.1, -0.05) is 26.7 Å². The van der Waals surface area contributed by atoms with Crippen molar-refractivity contribution < 1.29 is 0 Å². The molecule has 0 atom stereocenters. The summed E-state index contributed by atoms with van der Waals surface area (Å²) in [5.41, 5.74) is 0. The molecule has 1 aliphatic carbocycles. The van der Waals surface area contributed by atoms with E-state index in [2.05, 4.69) is 48.3 Å². The van der Waals surface area contributed by atoms with Crippen LogP contribution in [0.15, 0.2) is 4.99 Å². The van der Waals surface area contributed by atoms with Gasteiger partial charge in [0.2, 0.25) is 0 Å². The third-order valence-electron chi connectivity index (χ3n) is 3.66. The second-order valence-corrected chi connectivity index (χ2v) is 5.96. The Labute approximate surface area is 119 Å². The van der Waals surface area contributed by atoms with Crippen molar-refractivity contribution in [3.8, 4) is 0 Å². The predicted octanol–water partition coefficient (Wildman–Crippen LogP) is 2.07. The van der Waals surface area contributed by atoms with Crippen LogP contribution >= 0.6 is 0 Å². The Morgan fingerprint density at radius 1 is 1.26 bits per heavy atom. The molecule has 0 unspecified atom stereocenters. The van der Waals surface area contributed by atoms with E-state index in [4.69, 9.17) is 0 Å². The van der Waals surface area contributed by atoms with Crippen molar-refractivity contribution in [3.63, 3.8) is 0 Å². The Kier molecular flexibility index (Phi) is 7.87. The van der Waals surface area contributed by atoms with Crippen LogP contribution in [0.4, 0.5) is 0 Å². The molecule has 0 aromatic heterocycles. The van der Waals surface area contributed by atoms with Crippen LogP contribution in [-0.4, -0.2) is 50.1 Å². The minimum Gasteiger partial charge on any atom is -0.357 e. The molecule has 4 nitrogen and oxygen atoms in total. The summed E-state index contributed by atoms with van der Waals surface area (Å²) in [7, 11) is 2.25. The molecule has 0 bridgehead atoms. The van der Waals surface area contributed by atoms with Crippen molar-refractivity contribution in [1.82, 2.24) is 15.5 Å². The van der Waals surface area contributed by atoms with Crippen LogP contribution in [0.5, 0.6) is 0 Å². The molecule has 19 heavy (non-hydrogen) atoms. The Morgan fingerprint density at radius 2 is 1.95 bits per heavy atom. The van der Waals surface area contributed by atoms with E-state index in [0.29, 0.717) is 5.92 Å². The first kappa shape index (κ1) is 16.3. The molecule has 0 aromatic carbocycles. The van der Waals surface area contributed by atoms with Crippen LogP contribution in [0.25, 0.3) is 0 Å². The summed E-state index contributed by atoms with van der Waals surface area (Å²) in [6.45, 7) is 10.4. The maximum atomic E-state index is 4.58. The van der Waals surface area contributed by atoms with Crippen molar-refractivity contribution in [3.05, 3.63) is 0 Å². The fourth-order valence-electron chi connectivity index (χ4n) is 2.49. The first-order chi connectivity index (χ1) is 9.13. The highest BCUT2D eigenvalue weighted by atomic mass is 15.2. The molecule has 2 N–H and O–H groups in total. The van der Waals surface area contributed by atoms with Crippen LogP contribution in [0.3, 0.4) is 0 Å². The van der Waals surface area contributed by atoms with Crippen LogP contribution in [0, 0.1) is 5.92 Å². The van der Waals surface area contributed by atoms with Gasteiger partial charge < -0.3 is 15.5 Å². The minimum absolute atomic E-state index is 0.608. The number of rotatable bonds is 7. The summed E-state index contributed by atoms with van der Waals surface area (Å²) in [6.07, 6.45) is 5.55. The standard InChI is InChI=1S/C15H32N4/c1-5-16-15(18-12-13(2)3)17-10-11-19(4)14-8-6-7-9-14/h13-14H,5-12H2,1-4H3,(H2,16,17,18). The van der Waals surface area contributed by atoms with Gasteiger partial charge in [-0.3, -0.25) is 4.99 Å². The molecule has 1 rings (SSSR count). The summed E-state index contributed by atoms with van der Waals surface area (Å²) in [4.78, 5) is 7.08. The highest BCUT2D eigenvalue weighted by Crippen LogP contribution is 2.21. The average molecular weight is 268 g/mol. The summed E-state index contributed by atoms with van der Waals surface area (Å²) < 4.78 is 0. The van der Waals surface area contributed by atoms with Crippen molar-refractivity contribution in [2.45, 2.75) is 52.5 Å². The number of nitrogens with zero attached hydrogens (tertiary/aromatic N) is 2. The van der Waals surface area contributed by atoms with E-state index in [-0.39, 0.29) is 0 Å². The number of aliphatic imine (C=N–C) groups is 1. The van der Waals surface area contributed by atoms with E-state index < -0.39 is 0 Å². The molecule has 0 heterocycles. The van der Waals surface area contributed by atoms with E-state index in [1.165, 1.54) is 25.7 Å². The first-order valence-electron chi connectivity index (χ1n) is 7.86. The van der Waals surface area contributed by atoms with Gasteiger partial charge in [-0.2, -0.15) is 0 Å². The van der Waals surface area contributed by atoms with Crippen LogP contribution in [0.2, 0.25) is 0 Å². The monoisotopic (exact) mass is 268 g/mol. The maximum absolute atomic E-state index is 4.58. The minimum atomic E-state index is 0.608. The molecular formula is C15H32N4. The van der Waals surface area contributed by atoms with E-state index >= 15 is 0 Å². The van der Waals surface area contributed by atoms with E-state index in [1.54, 1.807) is 0 Å². The molecule has 4 heteroatoms. The van der Waals surface area contributed by atoms with Crippen molar-refractivity contribution in [2.75, 3.05) is 33.2 Å². The molecule has 0 radical (unpaired) electrons. The number of likely N-dealkylation sites (N-methyl/N-ethyl adjacent to an activating group) is 1. The summed E-state index contributed by atoms with van der Waals surface area (Å²) >= 11 is 0. The fourth-order valence-corrected chi connectivity index (χ4v) is 2.49. The molecular weight excluding hydrogens is 236 g/mol. The van der Waals surface area contributed by atoms with Gasteiger partial charge in [0.25, 0.3) is 0 Å². The molecule has 1 aliphatic rings. The van der Waals surface area contributed by atoms with E-state index in [9.17, 15) is 0 Å². The third-order valence-corrected chi connectivity index (χ3v) is 3.66. The lowest BCUT2D eigenvalue weighted by atomic mass is 10.2. The Bertz CT molecular complexity index is 257. The number of hydrogen-bond donors (Lipinski definition) is 2. The SMILES string of the molecule is CCNC(=NCC(C)C)NCCN(C)C1CCCC1. The van der Waals surface area contributed by atoms with Crippen LogP contribution in [0.1, 0.15) is 46.5 Å². The Morgan fingerprint density at radius 3 is 2.53 bits per heavy atom. The Balaban J connectivity index is 2.24. The molecule has 0 aliphatic heterocycles. The van der Waals surface area contributed by atoms with Gasteiger partial charge in [-0.05, 0) is 32.7 Å². The molecule has 1 saturated carbocycles. The first-order valence-corrected chi connectivity index (χ1v) is 7.86. The molecule has 0 aromatic rings. The van der Waals surface area contributed by atoms with Crippen LogP contribution < -0.4 is 10.6 Å². The number of nitrogens with one attached hydrogen (secondary N) is 2. The summed E-state index contributed by atoms with van der Waals surface area (Å²) in [5, 5.41) is 6.73. The summed E-state index contributed by atoms with van der Waals surface area (Å²) in [5.74, 6) is 1.56. The van der Waals surface area contributed by atoms with Crippen LogP contribution in [-0.2, 0) is 0 Å². The zero-order valence-corrected chi connectivity index (χ0v) is 13.2. The molecule has 0 spiro atoms. The van der Waals surface area contributed by atoms with Crippen molar-refractivity contribution in [2.24, 2.45) is 10.9 Å². The molecule has 0 saturated heterocycles. The number of guanidine groups is 1. The van der Waals surface area contributed by atoms with Gasteiger partial charge in [0.05, 0.1) is 0 Å². The van der Waals surface area contributed by atoms with Crippen molar-refractivity contribution in [1.29, 1.82) is 0 Å². The van der Waals surface area contributed by atoms with Gasteiger partial charge in [0.15, 0.2) is 5.96 Å². The van der Waals surface area contributed by atoms with Gasteiger partial charge in [0, 0.05) is 32.2 Å². The third kappa shape index (κ3) is 6.81. The van der Waals surface area contributed by atoms with Gasteiger partial charge in [-0.25, -0.2) is 0 Å². The second-order valence-electron chi connectivity index (χ2n) is 5.96. The lowest BCUT2D eigenvalue weighted by Crippen LogP contribution is -2.42. The van der Waals surface area contributed by atoms with Gasteiger partial charge >= 0.3 is 0 Å². The fraction of sp³-hybridized carbons (Fsp3) is 0.933. The molecule has 112 valence electrons. The number of hydrogen-bond acceptors (Lipinski definition) is 2. The van der Waals surface area contributed by atoms with E-state index in [0.717, 1.165) is 38.2 Å². The van der Waals surface area contributed by atoms with E-state index in [1.807, 2.05) is 0 Å². The topological polar surface area (TPSA) is 39.7 Å². The quantitative estimate of drug-likeness (QED) is 0.548. The zero-order valence-electron chi connectivity index (χ0n) is 13.2. The zero-order chi connectivity index (χ0) is 14.1. The normalized spacial score (nSPS) is 17.5. The lowest BCUT2D eigenvalue weighted by Gasteiger charge is -2.24. The highest BCUT2D eigenvalue weighted by molar-refractivity contribution is 5.79.